The predicted molar refractivity (Wildman–Crippen MR) is 91.0 cm³/mol. The van der Waals surface area contributed by atoms with E-state index in [0.717, 1.165) is 30.8 Å². The largest absolute Gasteiger partial charge is 0.491 e. The lowest BCUT2D eigenvalue weighted by Crippen LogP contribution is -2.43. The highest BCUT2D eigenvalue weighted by Gasteiger charge is 2.16. The van der Waals surface area contributed by atoms with Crippen molar-refractivity contribution in [1.29, 1.82) is 0 Å². The smallest absolute Gasteiger partial charge is 0.317 e. The number of nitrogens with zero attached hydrogens (tertiary/aromatic N) is 1. The van der Waals surface area contributed by atoms with Crippen molar-refractivity contribution in [2.45, 2.75) is 39.2 Å². The minimum atomic E-state index is -0.0799. The Bertz CT molecular complexity index is 513. The van der Waals surface area contributed by atoms with Gasteiger partial charge in [-0.25, -0.2) is 4.79 Å². The molecule has 0 aromatic heterocycles. The van der Waals surface area contributed by atoms with E-state index in [9.17, 15) is 4.79 Å². The van der Waals surface area contributed by atoms with Gasteiger partial charge in [0.15, 0.2) is 0 Å². The predicted octanol–water partition coefficient (Wildman–Crippen LogP) is 2.89. The van der Waals surface area contributed by atoms with Gasteiger partial charge in [0, 0.05) is 20.2 Å². The second-order valence-electron chi connectivity index (χ2n) is 6.21. The first-order chi connectivity index (χ1) is 11.1. The van der Waals surface area contributed by atoms with Gasteiger partial charge in [-0.05, 0) is 50.3 Å². The average molecular weight is 320 g/mol. The van der Waals surface area contributed by atoms with Crippen LogP contribution in [0.25, 0.3) is 0 Å². The van der Waals surface area contributed by atoms with Crippen molar-refractivity contribution in [2.75, 3.05) is 33.4 Å². The molecule has 1 saturated heterocycles. The number of carbonyl (C=O) groups is 1. The van der Waals surface area contributed by atoms with Crippen LogP contribution in [-0.4, -0.2) is 50.4 Å². The molecule has 0 aliphatic carbocycles. The first kappa shape index (κ1) is 17.6. The van der Waals surface area contributed by atoms with Crippen LogP contribution in [0, 0.1) is 13.8 Å². The van der Waals surface area contributed by atoms with Gasteiger partial charge in [0.1, 0.15) is 12.4 Å². The molecule has 1 unspecified atom stereocenters. The lowest BCUT2D eigenvalue weighted by Gasteiger charge is -2.24. The molecule has 1 heterocycles. The van der Waals surface area contributed by atoms with Gasteiger partial charge in [0.2, 0.25) is 0 Å². The highest BCUT2D eigenvalue weighted by molar-refractivity contribution is 5.73. The van der Waals surface area contributed by atoms with Crippen LogP contribution in [0.5, 0.6) is 5.75 Å². The van der Waals surface area contributed by atoms with Gasteiger partial charge in [-0.2, -0.15) is 0 Å². The van der Waals surface area contributed by atoms with Crippen LogP contribution in [0.4, 0.5) is 4.79 Å². The van der Waals surface area contributed by atoms with E-state index in [-0.39, 0.29) is 12.1 Å². The maximum absolute atomic E-state index is 12.1. The van der Waals surface area contributed by atoms with Crippen molar-refractivity contribution in [2.24, 2.45) is 0 Å². The number of ether oxygens (including phenoxy) is 2. The van der Waals surface area contributed by atoms with Gasteiger partial charge in [0.25, 0.3) is 0 Å². The van der Waals surface area contributed by atoms with Gasteiger partial charge < -0.3 is 19.7 Å². The van der Waals surface area contributed by atoms with E-state index in [4.69, 9.17) is 9.47 Å². The van der Waals surface area contributed by atoms with E-state index in [2.05, 4.69) is 11.4 Å². The summed E-state index contributed by atoms with van der Waals surface area (Å²) < 4.78 is 11.4. The number of urea groups is 1. The maximum Gasteiger partial charge on any atom is 0.317 e. The Hall–Kier alpha value is -1.75. The van der Waals surface area contributed by atoms with Crippen LogP contribution in [0.2, 0.25) is 0 Å². The van der Waals surface area contributed by atoms with E-state index < -0.39 is 0 Å². The summed E-state index contributed by atoms with van der Waals surface area (Å²) in [5, 5.41) is 2.93. The normalized spacial score (nSPS) is 17.6. The molecule has 1 atom stereocenters. The Kier molecular flexibility index (Phi) is 6.71. The first-order valence-corrected chi connectivity index (χ1v) is 8.37. The van der Waals surface area contributed by atoms with Gasteiger partial charge in [0.05, 0.1) is 12.6 Å². The van der Waals surface area contributed by atoms with Crippen LogP contribution >= 0.6 is 0 Å². The number of rotatable bonds is 6. The molecule has 1 fully saturated rings. The molecule has 1 aromatic carbocycles. The summed E-state index contributed by atoms with van der Waals surface area (Å²) in [7, 11) is 1.78. The fourth-order valence-electron chi connectivity index (χ4n) is 2.56. The number of hydrogen-bond acceptors (Lipinski definition) is 3. The van der Waals surface area contributed by atoms with Crippen molar-refractivity contribution in [1.82, 2.24) is 10.2 Å². The SMILES string of the molecule is Cc1ccc(C)c(OCCN(C)C(=O)NCC2CCCCO2)c1. The molecule has 23 heavy (non-hydrogen) atoms. The zero-order chi connectivity index (χ0) is 16.7. The topological polar surface area (TPSA) is 50.8 Å². The lowest BCUT2D eigenvalue weighted by molar-refractivity contribution is 0.0178. The molecule has 2 rings (SSSR count). The average Bonchev–Trinajstić information content (AvgIpc) is 2.56. The number of nitrogens with one attached hydrogen (secondary N) is 1. The van der Waals surface area contributed by atoms with Crippen molar-refractivity contribution in [3.63, 3.8) is 0 Å². The third-order valence-corrected chi connectivity index (χ3v) is 4.13. The molecule has 1 aliphatic heterocycles. The van der Waals surface area contributed by atoms with E-state index in [1.165, 1.54) is 12.0 Å². The molecule has 1 aliphatic rings. The summed E-state index contributed by atoms with van der Waals surface area (Å²) in [5.74, 6) is 0.884. The third kappa shape index (κ3) is 5.75. The molecular formula is C18H28N2O3. The summed E-state index contributed by atoms with van der Waals surface area (Å²) in [4.78, 5) is 13.7. The Labute approximate surface area is 139 Å². The van der Waals surface area contributed by atoms with Crippen molar-refractivity contribution in [3.8, 4) is 5.75 Å². The Morgan fingerprint density at radius 1 is 1.39 bits per heavy atom. The van der Waals surface area contributed by atoms with Crippen LogP contribution < -0.4 is 10.1 Å². The van der Waals surface area contributed by atoms with Gasteiger partial charge in [-0.3, -0.25) is 0 Å². The number of hydrogen-bond donors (Lipinski definition) is 1. The third-order valence-electron chi connectivity index (χ3n) is 4.13. The quantitative estimate of drug-likeness (QED) is 0.877. The maximum atomic E-state index is 12.1. The highest BCUT2D eigenvalue weighted by Crippen LogP contribution is 2.18. The van der Waals surface area contributed by atoms with Crippen LogP contribution in [0.1, 0.15) is 30.4 Å². The van der Waals surface area contributed by atoms with Crippen LogP contribution in [0.15, 0.2) is 18.2 Å². The minimum Gasteiger partial charge on any atom is -0.491 e. The highest BCUT2D eigenvalue weighted by atomic mass is 16.5. The number of likely N-dealkylation sites (N-methyl/N-ethyl adjacent to an activating group) is 1. The number of benzene rings is 1. The van der Waals surface area contributed by atoms with Crippen molar-refractivity contribution >= 4 is 6.03 Å². The molecule has 0 saturated carbocycles. The molecule has 5 heteroatoms. The summed E-state index contributed by atoms with van der Waals surface area (Å²) in [5.41, 5.74) is 2.28. The van der Waals surface area contributed by atoms with E-state index in [1.807, 2.05) is 26.0 Å². The number of aryl methyl sites for hydroxylation is 2. The molecule has 1 N–H and O–H groups in total. The minimum absolute atomic E-state index is 0.0799. The molecule has 0 bridgehead atoms. The lowest BCUT2D eigenvalue weighted by atomic mass is 10.1. The van der Waals surface area contributed by atoms with Crippen molar-refractivity contribution < 1.29 is 14.3 Å². The van der Waals surface area contributed by atoms with Crippen LogP contribution in [-0.2, 0) is 4.74 Å². The zero-order valence-corrected chi connectivity index (χ0v) is 14.4. The summed E-state index contributed by atoms with van der Waals surface area (Å²) >= 11 is 0. The second kappa shape index (κ2) is 8.77. The summed E-state index contributed by atoms with van der Waals surface area (Å²) in [6.07, 6.45) is 3.49. The number of carbonyl (C=O) groups excluding carboxylic acids is 1. The molecule has 2 amide bonds. The van der Waals surface area contributed by atoms with Gasteiger partial charge >= 0.3 is 6.03 Å². The molecule has 128 valence electrons. The zero-order valence-electron chi connectivity index (χ0n) is 14.4. The molecule has 1 aromatic rings. The molecule has 0 spiro atoms. The van der Waals surface area contributed by atoms with E-state index >= 15 is 0 Å². The van der Waals surface area contributed by atoms with Gasteiger partial charge in [-0.15, -0.1) is 0 Å². The summed E-state index contributed by atoms with van der Waals surface area (Å²) in [6.45, 7) is 6.48. The Morgan fingerprint density at radius 3 is 2.96 bits per heavy atom. The monoisotopic (exact) mass is 320 g/mol. The molecular weight excluding hydrogens is 292 g/mol. The fraction of sp³-hybridized carbons (Fsp3) is 0.611. The van der Waals surface area contributed by atoms with Crippen LogP contribution in [0.3, 0.4) is 0 Å². The first-order valence-electron chi connectivity index (χ1n) is 8.37. The fourth-order valence-corrected chi connectivity index (χ4v) is 2.56. The Balaban J connectivity index is 1.68. The van der Waals surface area contributed by atoms with E-state index in [1.54, 1.807) is 11.9 Å². The summed E-state index contributed by atoms with van der Waals surface area (Å²) in [6, 6.07) is 6.06. The Morgan fingerprint density at radius 2 is 2.22 bits per heavy atom. The molecule has 5 nitrogen and oxygen atoms in total. The standard InChI is InChI=1S/C18H28N2O3/c1-14-7-8-15(2)17(12-14)23-11-9-20(3)18(21)19-13-16-6-4-5-10-22-16/h7-8,12,16H,4-6,9-11,13H2,1-3H3,(H,19,21). The second-order valence-corrected chi connectivity index (χ2v) is 6.21. The van der Waals surface area contributed by atoms with Gasteiger partial charge in [-0.1, -0.05) is 12.1 Å². The van der Waals surface area contributed by atoms with Crippen molar-refractivity contribution in [3.05, 3.63) is 29.3 Å². The molecule has 0 radical (unpaired) electrons. The van der Waals surface area contributed by atoms with E-state index in [0.29, 0.717) is 19.7 Å². The number of amides is 2.